The Morgan fingerprint density at radius 1 is 1.44 bits per heavy atom. The smallest absolute Gasteiger partial charge is 0.123 e. The molecule has 3 N–H and O–H groups in total. The molecule has 2 atom stereocenters. The van der Waals surface area contributed by atoms with Gasteiger partial charge >= 0.3 is 0 Å². The number of benzene rings is 1. The normalized spacial score (nSPS) is 14.8. The highest BCUT2D eigenvalue weighted by atomic mass is 19.1. The van der Waals surface area contributed by atoms with Gasteiger partial charge in [0.05, 0.1) is 12.1 Å². The SMILES string of the molecule is CCCC[C@H](O)[C@H](N)c1ccc(F)cc1C. The topological polar surface area (TPSA) is 46.2 Å². The summed E-state index contributed by atoms with van der Waals surface area (Å²) in [5.41, 5.74) is 7.58. The van der Waals surface area contributed by atoms with Crippen LogP contribution >= 0.6 is 0 Å². The molecule has 3 heteroatoms. The van der Waals surface area contributed by atoms with Crippen molar-refractivity contribution in [1.82, 2.24) is 0 Å². The molecule has 0 amide bonds. The second-order valence-corrected chi connectivity index (χ2v) is 4.24. The Labute approximate surface area is 96.3 Å². The summed E-state index contributed by atoms with van der Waals surface area (Å²) in [4.78, 5) is 0. The largest absolute Gasteiger partial charge is 0.391 e. The van der Waals surface area contributed by atoms with E-state index < -0.39 is 12.1 Å². The molecule has 2 nitrogen and oxygen atoms in total. The van der Waals surface area contributed by atoms with Crippen molar-refractivity contribution in [2.75, 3.05) is 0 Å². The van der Waals surface area contributed by atoms with Crippen LogP contribution in [0.25, 0.3) is 0 Å². The third-order valence-corrected chi connectivity index (χ3v) is 2.86. The Morgan fingerprint density at radius 2 is 2.12 bits per heavy atom. The highest BCUT2D eigenvalue weighted by molar-refractivity contribution is 5.29. The standard InChI is InChI=1S/C13H20FNO/c1-3-4-5-12(16)13(15)11-7-6-10(14)8-9(11)2/h6-8,12-13,16H,3-5,15H2,1-2H3/t12-,13+/m0/s1. The minimum Gasteiger partial charge on any atom is -0.391 e. The molecule has 0 heterocycles. The van der Waals surface area contributed by atoms with E-state index in [1.807, 2.05) is 6.92 Å². The molecule has 0 aromatic heterocycles. The van der Waals surface area contributed by atoms with Gasteiger partial charge in [-0.2, -0.15) is 0 Å². The summed E-state index contributed by atoms with van der Waals surface area (Å²) in [7, 11) is 0. The van der Waals surface area contributed by atoms with E-state index in [4.69, 9.17) is 5.73 Å². The van der Waals surface area contributed by atoms with Gasteiger partial charge < -0.3 is 10.8 Å². The number of aryl methyl sites for hydroxylation is 1. The van der Waals surface area contributed by atoms with Crippen molar-refractivity contribution in [3.8, 4) is 0 Å². The quantitative estimate of drug-likeness (QED) is 0.809. The summed E-state index contributed by atoms with van der Waals surface area (Å²) in [6.45, 7) is 3.88. The molecule has 0 spiro atoms. The van der Waals surface area contributed by atoms with Gasteiger partial charge in [-0.3, -0.25) is 0 Å². The van der Waals surface area contributed by atoms with Crippen molar-refractivity contribution in [2.24, 2.45) is 5.73 Å². The van der Waals surface area contributed by atoms with Crippen molar-refractivity contribution in [3.63, 3.8) is 0 Å². The molecule has 0 aliphatic carbocycles. The van der Waals surface area contributed by atoms with Crippen molar-refractivity contribution in [3.05, 3.63) is 35.1 Å². The highest BCUT2D eigenvalue weighted by Gasteiger charge is 2.18. The van der Waals surface area contributed by atoms with Crippen LogP contribution in [-0.2, 0) is 0 Å². The first kappa shape index (κ1) is 13.1. The molecule has 0 aliphatic heterocycles. The Morgan fingerprint density at radius 3 is 2.69 bits per heavy atom. The molecule has 0 radical (unpaired) electrons. The molecule has 0 saturated heterocycles. The Bertz CT molecular complexity index is 341. The van der Waals surface area contributed by atoms with E-state index in [0.717, 1.165) is 24.0 Å². The maximum Gasteiger partial charge on any atom is 0.123 e. The third-order valence-electron chi connectivity index (χ3n) is 2.86. The number of aliphatic hydroxyl groups is 1. The van der Waals surface area contributed by atoms with Crippen LogP contribution in [0.1, 0.15) is 43.4 Å². The first-order chi connectivity index (χ1) is 7.56. The third kappa shape index (κ3) is 3.29. The van der Waals surface area contributed by atoms with Gasteiger partial charge in [0, 0.05) is 0 Å². The predicted molar refractivity (Wildman–Crippen MR) is 63.6 cm³/mol. The summed E-state index contributed by atoms with van der Waals surface area (Å²) in [6, 6.07) is 4.06. The molecule has 1 aromatic rings. The highest BCUT2D eigenvalue weighted by Crippen LogP contribution is 2.22. The van der Waals surface area contributed by atoms with Crippen LogP contribution in [0, 0.1) is 12.7 Å². The second kappa shape index (κ2) is 5.97. The van der Waals surface area contributed by atoms with Gasteiger partial charge in [-0.05, 0) is 36.6 Å². The van der Waals surface area contributed by atoms with E-state index in [1.165, 1.54) is 12.1 Å². The molecule has 16 heavy (non-hydrogen) atoms. The van der Waals surface area contributed by atoms with E-state index in [-0.39, 0.29) is 5.82 Å². The zero-order chi connectivity index (χ0) is 12.1. The fraction of sp³-hybridized carbons (Fsp3) is 0.538. The maximum absolute atomic E-state index is 12.9. The second-order valence-electron chi connectivity index (χ2n) is 4.24. The van der Waals surface area contributed by atoms with E-state index >= 15 is 0 Å². The molecule has 1 rings (SSSR count). The summed E-state index contributed by atoms with van der Waals surface area (Å²) in [6.07, 6.45) is 2.12. The van der Waals surface area contributed by atoms with Gasteiger partial charge in [0.15, 0.2) is 0 Å². The number of aliphatic hydroxyl groups excluding tert-OH is 1. The minimum atomic E-state index is -0.552. The van der Waals surface area contributed by atoms with Gasteiger partial charge in [-0.25, -0.2) is 4.39 Å². The van der Waals surface area contributed by atoms with Gasteiger partial charge in [0.25, 0.3) is 0 Å². The summed E-state index contributed by atoms with van der Waals surface area (Å²) in [5, 5.41) is 9.88. The van der Waals surface area contributed by atoms with E-state index in [9.17, 15) is 9.50 Å². The van der Waals surface area contributed by atoms with Crippen LogP contribution in [0.3, 0.4) is 0 Å². The molecule has 0 fully saturated rings. The van der Waals surface area contributed by atoms with Crippen molar-refractivity contribution in [2.45, 2.75) is 45.3 Å². The van der Waals surface area contributed by atoms with E-state index in [1.54, 1.807) is 6.07 Å². The van der Waals surface area contributed by atoms with Crippen molar-refractivity contribution < 1.29 is 9.50 Å². The van der Waals surface area contributed by atoms with Crippen molar-refractivity contribution in [1.29, 1.82) is 0 Å². The molecule has 0 aliphatic rings. The van der Waals surface area contributed by atoms with Crippen LogP contribution in [0.15, 0.2) is 18.2 Å². The minimum absolute atomic E-state index is 0.267. The number of nitrogens with two attached hydrogens (primary N) is 1. The van der Waals surface area contributed by atoms with Gasteiger partial charge in [-0.1, -0.05) is 25.8 Å². The summed E-state index contributed by atoms with van der Waals surface area (Å²) >= 11 is 0. The first-order valence-corrected chi connectivity index (χ1v) is 5.76. The van der Waals surface area contributed by atoms with Crippen LogP contribution in [0.4, 0.5) is 4.39 Å². The van der Waals surface area contributed by atoms with Gasteiger partial charge in [0.2, 0.25) is 0 Å². The van der Waals surface area contributed by atoms with Crippen molar-refractivity contribution >= 4 is 0 Å². The first-order valence-electron chi connectivity index (χ1n) is 5.76. The maximum atomic E-state index is 12.9. The molecule has 90 valence electrons. The Balaban J connectivity index is 2.75. The molecule has 1 aromatic carbocycles. The van der Waals surface area contributed by atoms with E-state index in [2.05, 4.69) is 6.92 Å². The lowest BCUT2D eigenvalue weighted by molar-refractivity contribution is 0.132. The molecular formula is C13H20FNO. The molecule has 0 unspecified atom stereocenters. The molecule has 0 saturated carbocycles. The van der Waals surface area contributed by atoms with Crippen LogP contribution in [-0.4, -0.2) is 11.2 Å². The van der Waals surface area contributed by atoms with Gasteiger partial charge in [-0.15, -0.1) is 0 Å². The fourth-order valence-electron chi connectivity index (χ4n) is 1.81. The zero-order valence-corrected chi connectivity index (χ0v) is 9.91. The summed E-state index contributed by atoms with van der Waals surface area (Å²) in [5.74, 6) is -0.267. The molecule has 0 bridgehead atoms. The lowest BCUT2D eigenvalue weighted by Gasteiger charge is -2.20. The predicted octanol–water partition coefficient (Wildman–Crippen LogP) is 2.69. The fourth-order valence-corrected chi connectivity index (χ4v) is 1.81. The number of hydrogen-bond acceptors (Lipinski definition) is 2. The van der Waals surface area contributed by atoms with Gasteiger partial charge in [0.1, 0.15) is 5.82 Å². The lowest BCUT2D eigenvalue weighted by Crippen LogP contribution is -2.26. The Hall–Kier alpha value is -0.930. The van der Waals surface area contributed by atoms with Crippen LogP contribution < -0.4 is 5.73 Å². The van der Waals surface area contributed by atoms with E-state index in [0.29, 0.717) is 6.42 Å². The average Bonchev–Trinajstić information content (AvgIpc) is 2.25. The lowest BCUT2D eigenvalue weighted by atomic mass is 9.95. The number of rotatable bonds is 5. The Kier molecular flexibility index (Phi) is 4.90. The number of halogens is 1. The monoisotopic (exact) mass is 225 g/mol. The van der Waals surface area contributed by atoms with Crippen LogP contribution in [0.5, 0.6) is 0 Å². The molecular weight excluding hydrogens is 205 g/mol. The summed E-state index contributed by atoms with van der Waals surface area (Å²) < 4.78 is 12.9. The van der Waals surface area contributed by atoms with Crippen LogP contribution in [0.2, 0.25) is 0 Å². The number of unbranched alkanes of at least 4 members (excludes halogenated alkanes) is 1. The average molecular weight is 225 g/mol. The number of hydrogen-bond donors (Lipinski definition) is 2. The zero-order valence-electron chi connectivity index (χ0n) is 9.91.